The zero-order chi connectivity index (χ0) is 13.7. The first kappa shape index (κ1) is 14.5. The summed E-state index contributed by atoms with van der Waals surface area (Å²) in [6, 6.07) is 4.25. The standard InChI is InChI=1S/C14H21NO3S/c1-18-14(17)13(16)11-4-7-15(8-5-11)9-6-12-3-2-10-19-12/h2-3,10-11,13,16H,4-9H2,1H3. The van der Waals surface area contributed by atoms with Crippen molar-refractivity contribution >= 4 is 17.3 Å². The molecule has 0 bridgehead atoms. The Kier molecular flexibility index (Phi) is 5.36. The van der Waals surface area contributed by atoms with E-state index >= 15 is 0 Å². The highest BCUT2D eigenvalue weighted by Crippen LogP contribution is 2.22. The third kappa shape index (κ3) is 4.03. The van der Waals surface area contributed by atoms with E-state index in [-0.39, 0.29) is 5.92 Å². The van der Waals surface area contributed by atoms with Crippen LogP contribution in [-0.2, 0) is 16.0 Å². The molecule has 0 spiro atoms. The zero-order valence-electron chi connectivity index (χ0n) is 11.2. The van der Waals surface area contributed by atoms with E-state index in [1.165, 1.54) is 12.0 Å². The molecule has 5 heteroatoms. The summed E-state index contributed by atoms with van der Waals surface area (Å²) < 4.78 is 4.59. The van der Waals surface area contributed by atoms with Crippen molar-refractivity contribution in [2.45, 2.75) is 25.4 Å². The number of nitrogens with zero attached hydrogens (tertiary/aromatic N) is 1. The summed E-state index contributed by atoms with van der Waals surface area (Å²) in [6.45, 7) is 2.95. The van der Waals surface area contributed by atoms with E-state index in [0.717, 1.165) is 38.9 Å². The van der Waals surface area contributed by atoms with Crippen LogP contribution in [0.25, 0.3) is 0 Å². The molecule has 0 saturated carbocycles. The van der Waals surface area contributed by atoms with Crippen molar-refractivity contribution in [3.63, 3.8) is 0 Å². The van der Waals surface area contributed by atoms with Crippen molar-refractivity contribution in [1.29, 1.82) is 0 Å². The number of carbonyl (C=O) groups excluding carboxylic acids is 1. The van der Waals surface area contributed by atoms with Gasteiger partial charge in [-0.15, -0.1) is 11.3 Å². The molecule has 2 heterocycles. The van der Waals surface area contributed by atoms with Crippen molar-refractivity contribution < 1.29 is 14.6 Å². The van der Waals surface area contributed by atoms with Gasteiger partial charge in [0.05, 0.1) is 7.11 Å². The smallest absolute Gasteiger partial charge is 0.334 e. The molecule has 0 radical (unpaired) electrons. The van der Waals surface area contributed by atoms with Crippen molar-refractivity contribution in [3.8, 4) is 0 Å². The van der Waals surface area contributed by atoms with Crippen LogP contribution in [0.3, 0.4) is 0 Å². The van der Waals surface area contributed by atoms with E-state index in [0.29, 0.717) is 0 Å². The van der Waals surface area contributed by atoms with Crippen molar-refractivity contribution in [1.82, 2.24) is 4.90 Å². The van der Waals surface area contributed by atoms with Gasteiger partial charge in [0.1, 0.15) is 0 Å². The minimum absolute atomic E-state index is 0.0467. The Balaban J connectivity index is 1.71. The molecule has 19 heavy (non-hydrogen) atoms. The average molecular weight is 283 g/mol. The van der Waals surface area contributed by atoms with Gasteiger partial charge in [0, 0.05) is 11.4 Å². The summed E-state index contributed by atoms with van der Waals surface area (Å²) in [4.78, 5) is 15.1. The molecule has 1 aliphatic heterocycles. The number of aliphatic hydroxyl groups is 1. The molecule has 0 aromatic carbocycles. The van der Waals surface area contributed by atoms with Gasteiger partial charge in [0.15, 0.2) is 6.10 Å². The lowest BCUT2D eigenvalue weighted by molar-refractivity contribution is -0.154. The quantitative estimate of drug-likeness (QED) is 0.833. The fraction of sp³-hybridized carbons (Fsp3) is 0.643. The Morgan fingerprint density at radius 1 is 1.58 bits per heavy atom. The van der Waals surface area contributed by atoms with Crippen LogP contribution in [0.15, 0.2) is 17.5 Å². The summed E-state index contributed by atoms with van der Waals surface area (Å²) in [6.07, 6.45) is 1.85. The number of aliphatic hydroxyl groups excluding tert-OH is 1. The van der Waals surface area contributed by atoms with E-state index < -0.39 is 12.1 Å². The molecule has 0 amide bonds. The van der Waals surface area contributed by atoms with Crippen LogP contribution in [0.1, 0.15) is 17.7 Å². The minimum atomic E-state index is -0.954. The largest absolute Gasteiger partial charge is 0.467 e. The summed E-state index contributed by atoms with van der Waals surface area (Å²) in [5.41, 5.74) is 0. The lowest BCUT2D eigenvalue weighted by atomic mass is 9.91. The lowest BCUT2D eigenvalue weighted by Crippen LogP contribution is -2.41. The predicted molar refractivity (Wildman–Crippen MR) is 75.2 cm³/mol. The van der Waals surface area contributed by atoms with Crippen LogP contribution in [0.5, 0.6) is 0 Å². The number of esters is 1. The molecule has 1 aromatic heterocycles. The second-order valence-corrected chi connectivity index (χ2v) is 6.01. The molecule has 2 rings (SSSR count). The van der Waals surface area contributed by atoms with E-state index in [1.807, 2.05) is 0 Å². The number of carbonyl (C=O) groups is 1. The first-order chi connectivity index (χ1) is 9.20. The van der Waals surface area contributed by atoms with E-state index in [2.05, 4.69) is 27.1 Å². The molecule has 1 saturated heterocycles. The van der Waals surface area contributed by atoms with Crippen LogP contribution in [-0.4, -0.2) is 48.8 Å². The summed E-state index contributed by atoms with van der Waals surface area (Å²) in [7, 11) is 1.32. The van der Waals surface area contributed by atoms with Crippen LogP contribution in [0, 0.1) is 5.92 Å². The van der Waals surface area contributed by atoms with Crippen LogP contribution < -0.4 is 0 Å². The van der Waals surface area contributed by atoms with Crippen LogP contribution >= 0.6 is 11.3 Å². The highest BCUT2D eigenvalue weighted by Gasteiger charge is 2.30. The molecule has 0 aliphatic carbocycles. The Morgan fingerprint density at radius 2 is 2.32 bits per heavy atom. The van der Waals surface area contributed by atoms with Gasteiger partial charge in [-0.25, -0.2) is 4.79 Å². The fourth-order valence-electron chi connectivity index (χ4n) is 2.53. The van der Waals surface area contributed by atoms with E-state index in [9.17, 15) is 9.90 Å². The zero-order valence-corrected chi connectivity index (χ0v) is 12.1. The van der Waals surface area contributed by atoms with E-state index in [1.54, 1.807) is 11.3 Å². The fourth-order valence-corrected chi connectivity index (χ4v) is 3.23. The molecule has 106 valence electrons. The topological polar surface area (TPSA) is 49.8 Å². The maximum Gasteiger partial charge on any atom is 0.334 e. The average Bonchev–Trinajstić information content (AvgIpc) is 2.97. The number of rotatable bonds is 5. The normalized spacial score (nSPS) is 19.3. The van der Waals surface area contributed by atoms with Gasteiger partial charge < -0.3 is 14.7 Å². The Hall–Kier alpha value is -0.910. The molecule has 4 nitrogen and oxygen atoms in total. The van der Waals surface area contributed by atoms with Crippen molar-refractivity contribution in [2.75, 3.05) is 26.7 Å². The van der Waals surface area contributed by atoms with Gasteiger partial charge >= 0.3 is 5.97 Å². The van der Waals surface area contributed by atoms with Crippen LogP contribution in [0.2, 0.25) is 0 Å². The monoisotopic (exact) mass is 283 g/mol. The summed E-state index contributed by atoms with van der Waals surface area (Å²) >= 11 is 1.80. The molecule has 1 N–H and O–H groups in total. The molecule has 1 aromatic rings. The molecule has 1 atom stereocenters. The molecule has 1 aliphatic rings. The maximum absolute atomic E-state index is 11.3. The Bertz CT molecular complexity index is 385. The number of hydrogen-bond acceptors (Lipinski definition) is 5. The first-order valence-electron chi connectivity index (χ1n) is 6.71. The molecule has 1 fully saturated rings. The second kappa shape index (κ2) is 7.03. The molecular formula is C14H21NO3S. The van der Waals surface area contributed by atoms with Gasteiger partial charge in [0.2, 0.25) is 0 Å². The van der Waals surface area contributed by atoms with Crippen molar-refractivity contribution in [3.05, 3.63) is 22.4 Å². The third-order valence-electron chi connectivity index (χ3n) is 3.78. The highest BCUT2D eigenvalue weighted by molar-refractivity contribution is 7.09. The van der Waals surface area contributed by atoms with Crippen molar-refractivity contribution in [2.24, 2.45) is 5.92 Å². The number of hydrogen-bond donors (Lipinski definition) is 1. The second-order valence-electron chi connectivity index (χ2n) is 4.98. The highest BCUT2D eigenvalue weighted by atomic mass is 32.1. The number of methoxy groups -OCH3 is 1. The minimum Gasteiger partial charge on any atom is -0.467 e. The first-order valence-corrected chi connectivity index (χ1v) is 7.59. The Morgan fingerprint density at radius 3 is 2.89 bits per heavy atom. The SMILES string of the molecule is COC(=O)C(O)C1CCN(CCc2cccs2)CC1. The van der Waals surface area contributed by atoms with E-state index in [4.69, 9.17) is 0 Å². The third-order valence-corrected chi connectivity index (χ3v) is 4.71. The van der Waals surface area contributed by atoms with Gasteiger partial charge in [-0.05, 0) is 49.7 Å². The number of ether oxygens (including phenoxy) is 1. The maximum atomic E-state index is 11.3. The van der Waals surface area contributed by atoms with Gasteiger partial charge in [-0.3, -0.25) is 0 Å². The van der Waals surface area contributed by atoms with Crippen LogP contribution in [0.4, 0.5) is 0 Å². The van der Waals surface area contributed by atoms with Gasteiger partial charge in [-0.2, -0.15) is 0 Å². The van der Waals surface area contributed by atoms with Gasteiger partial charge in [-0.1, -0.05) is 6.07 Å². The predicted octanol–water partition coefficient (Wildman–Crippen LogP) is 1.54. The number of piperidine rings is 1. The summed E-state index contributed by atoms with van der Waals surface area (Å²) in [5.74, 6) is -0.456. The lowest BCUT2D eigenvalue weighted by Gasteiger charge is -2.33. The molecular weight excluding hydrogens is 262 g/mol. The number of thiophene rings is 1. The number of likely N-dealkylation sites (tertiary alicyclic amines) is 1. The Labute approximate surface area is 118 Å². The van der Waals surface area contributed by atoms with Gasteiger partial charge in [0.25, 0.3) is 0 Å². The molecule has 1 unspecified atom stereocenters. The summed E-state index contributed by atoms with van der Waals surface area (Å²) in [5, 5.41) is 11.9.